The molecule has 2 rings (SSSR count). The molecule has 11 nitrogen and oxygen atoms in total. The van der Waals surface area contributed by atoms with Crippen molar-refractivity contribution in [2.75, 3.05) is 31.5 Å². The number of carbonyl (C=O) groups is 3. The SMILES string of the molecule is NCCN(CCN)C(=O)CCC(N)C(=O)NC(CCc1ccc(C(F)(F)F)cc1)C(=O)Nc1cc(B(O)O)cc(F)c1F. The van der Waals surface area contributed by atoms with Crippen molar-refractivity contribution in [1.29, 1.82) is 0 Å². The van der Waals surface area contributed by atoms with Crippen LogP contribution in [0, 0.1) is 11.6 Å². The molecule has 0 heterocycles. The first kappa shape index (κ1) is 35.6. The maximum absolute atomic E-state index is 14.4. The van der Waals surface area contributed by atoms with Gasteiger partial charge in [-0.15, -0.1) is 0 Å². The van der Waals surface area contributed by atoms with E-state index in [9.17, 15) is 46.4 Å². The van der Waals surface area contributed by atoms with Gasteiger partial charge >= 0.3 is 13.3 Å². The highest BCUT2D eigenvalue weighted by molar-refractivity contribution is 6.58. The lowest BCUT2D eigenvalue weighted by molar-refractivity contribution is -0.137. The van der Waals surface area contributed by atoms with Crippen LogP contribution in [-0.4, -0.2) is 78.1 Å². The summed E-state index contributed by atoms with van der Waals surface area (Å²) in [7, 11) is -2.19. The normalized spacial score (nSPS) is 12.8. The van der Waals surface area contributed by atoms with E-state index in [0.717, 1.165) is 18.2 Å². The number of hydrogen-bond donors (Lipinski definition) is 7. The smallest absolute Gasteiger partial charge is 0.423 e. The van der Waals surface area contributed by atoms with Crippen LogP contribution in [0.15, 0.2) is 36.4 Å². The van der Waals surface area contributed by atoms with Crippen LogP contribution >= 0.6 is 0 Å². The Labute approximate surface area is 244 Å². The van der Waals surface area contributed by atoms with Crippen molar-refractivity contribution in [2.24, 2.45) is 17.2 Å². The number of nitrogens with two attached hydrogens (primary N) is 3. The molecule has 236 valence electrons. The molecule has 0 aliphatic heterocycles. The maximum Gasteiger partial charge on any atom is 0.488 e. The summed E-state index contributed by atoms with van der Waals surface area (Å²) < 4.78 is 67.1. The average molecular weight is 616 g/mol. The minimum atomic E-state index is -4.56. The van der Waals surface area contributed by atoms with Gasteiger partial charge in [0.05, 0.1) is 17.3 Å². The fourth-order valence-electron chi connectivity index (χ4n) is 4.03. The molecule has 0 aliphatic carbocycles. The van der Waals surface area contributed by atoms with Crippen LogP contribution in [-0.2, 0) is 27.0 Å². The van der Waals surface area contributed by atoms with Crippen molar-refractivity contribution in [3.63, 3.8) is 0 Å². The number of benzene rings is 2. The van der Waals surface area contributed by atoms with Gasteiger partial charge in [-0.2, -0.15) is 13.2 Å². The van der Waals surface area contributed by atoms with E-state index in [1.54, 1.807) is 0 Å². The molecule has 17 heteroatoms. The lowest BCUT2D eigenvalue weighted by Crippen LogP contribution is -2.50. The first-order chi connectivity index (χ1) is 20.2. The van der Waals surface area contributed by atoms with Gasteiger partial charge in [0, 0.05) is 32.6 Å². The maximum atomic E-state index is 14.4. The third-order valence-electron chi connectivity index (χ3n) is 6.40. The highest BCUT2D eigenvalue weighted by Gasteiger charge is 2.30. The summed E-state index contributed by atoms with van der Waals surface area (Å²) in [6, 6.07) is 2.64. The predicted octanol–water partition coefficient (Wildman–Crippen LogP) is -0.427. The number of hydrogen-bond acceptors (Lipinski definition) is 8. The van der Waals surface area contributed by atoms with Crippen molar-refractivity contribution < 1.29 is 46.4 Å². The van der Waals surface area contributed by atoms with E-state index >= 15 is 0 Å². The van der Waals surface area contributed by atoms with Crippen molar-refractivity contribution in [2.45, 2.75) is 43.9 Å². The van der Waals surface area contributed by atoms with Crippen LogP contribution < -0.4 is 33.3 Å². The van der Waals surface area contributed by atoms with Gasteiger partial charge in [0.25, 0.3) is 0 Å². The minimum absolute atomic E-state index is 0.0242. The summed E-state index contributed by atoms with van der Waals surface area (Å²) in [6.45, 7) is 0.877. The first-order valence-corrected chi connectivity index (χ1v) is 13.2. The summed E-state index contributed by atoms with van der Waals surface area (Å²) in [5.41, 5.74) is 15.2. The van der Waals surface area contributed by atoms with Gasteiger partial charge in [-0.3, -0.25) is 14.4 Å². The molecule has 0 aromatic heterocycles. The Morgan fingerprint density at radius 2 is 1.56 bits per heavy atom. The number of anilines is 1. The zero-order valence-electron chi connectivity index (χ0n) is 23.0. The predicted molar refractivity (Wildman–Crippen MR) is 148 cm³/mol. The van der Waals surface area contributed by atoms with Gasteiger partial charge in [0.1, 0.15) is 6.04 Å². The molecule has 3 amide bonds. The highest BCUT2D eigenvalue weighted by atomic mass is 19.4. The molecule has 0 fully saturated rings. The van der Waals surface area contributed by atoms with Gasteiger partial charge in [-0.25, -0.2) is 8.78 Å². The molecule has 2 aromatic carbocycles. The van der Waals surface area contributed by atoms with Crippen molar-refractivity contribution >= 4 is 36.0 Å². The molecule has 0 saturated carbocycles. The van der Waals surface area contributed by atoms with Crippen LogP contribution in [0.5, 0.6) is 0 Å². The second kappa shape index (κ2) is 16.3. The Morgan fingerprint density at radius 3 is 2.09 bits per heavy atom. The summed E-state index contributed by atoms with van der Waals surface area (Å²) in [5.74, 6) is -5.27. The number of nitrogens with one attached hydrogen (secondary N) is 2. The van der Waals surface area contributed by atoms with Gasteiger partial charge in [-0.05, 0) is 54.6 Å². The highest BCUT2D eigenvalue weighted by Crippen LogP contribution is 2.29. The van der Waals surface area contributed by atoms with Gasteiger partial charge < -0.3 is 42.8 Å². The fraction of sp³-hybridized carbons (Fsp3) is 0.423. The molecule has 2 aromatic rings. The van der Waals surface area contributed by atoms with Gasteiger partial charge in [0.2, 0.25) is 17.7 Å². The van der Waals surface area contributed by atoms with Gasteiger partial charge in [-0.1, -0.05) is 12.1 Å². The van der Waals surface area contributed by atoms with Crippen LogP contribution in [0.4, 0.5) is 27.6 Å². The van der Waals surface area contributed by atoms with Crippen molar-refractivity contribution in [3.8, 4) is 0 Å². The third kappa shape index (κ3) is 10.9. The first-order valence-electron chi connectivity index (χ1n) is 13.2. The summed E-state index contributed by atoms with van der Waals surface area (Å²) in [6.07, 6.45) is -5.06. The molecule has 43 heavy (non-hydrogen) atoms. The van der Waals surface area contributed by atoms with Crippen molar-refractivity contribution in [3.05, 3.63) is 59.2 Å². The molecule has 0 radical (unpaired) electrons. The molecule has 2 unspecified atom stereocenters. The standard InChI is InChI=1S/C26H34BF5N6O5/c28-18-13-17(27(42)43)14-21(23(18)29)37-25(41)20(7-3-15-1-4-16(5-2-15)26(30,31)32)36-24(40)19(35)6-8-22(39)38(11-9-33)12-10-34/h1-2,4-5,13-14,19-20,42-43H,3,6-12,33-35H2,(H,36,40)(H,37,41). The number of rotatable bonds is 15. The Balaban J connectivity index is 2.20. The van der Waals surface area contributed by atoms with E-state index in [1.165, 1.54) is 17.0 Å². The molecule has 10 N–H and O–H groups in total. The van der Waals surface area contributed by atoms with E-state index in [0.29, 0.717) is 11.6 Å². The molecule has 0 aliphatic rings. The summed E-state index contributed by atoms with van der Waals surface area (Å²) in [5, 5.41) is 23.1. The number of alkyl halides is 3. The van der Waals surface area contributed by atoms with Crippen LogP contribution in [0.2, 0.25) is 0 Å². The van der Waals surface area contributed by atoms with E-state index in [4.69, 9.17) is 17.2 Å². The van der Waals surface area contributed by atoms with E-state index in [2.05, 4.69) is 10.6 Å². The second-order valence-electron chi connectivity index (χ2n) is 9.63. The minimum Gasteiger partial charge on any atom is -0.423 e. The largest absolute Gasteiger partial charge is 0.488 e. The van der Waals surface area contributed by atoms with Crippen LogP contribution in [0.25, 0.3) is 0 Å². The Hall–Kier alpha value is -3.64. The number of amides is 3. The Kier molecular flexibility index (Phi) is 13.5. The molecular formula is C26H34BF5N6O5. The van der Waals surface area contributed by atoms with E-state index in [1.807, 2.05) is 0 Å². The number of nitrogens with zero attached hydrogens (tertiary/aromatic N) is 1. The molecular weight excluding hydrogens is 582 g/mol. The monoisotopic (exact) mass is 616 g/mol. The Morgan fingerprint density at radius 1 is 0.953 bits per heavy atom. The van der Waals surface area contributed by atoms with E-state index < -0.39 is 65.5 Å². The van der Waals surface area contributed by atoms with Gasteiger partial charge in [0.15, 0.2) is 11.6 Å². The zero-order valence-corrected chi connectivity index (χ0v) is 23.0. The average Bonchev–Trinajstić information content (AvgIpc) is 2.95. The Bertz CT molecular complexity index is 1250. The third-order valence-corrected chi connectivity index (χ3v) is 6.40. The summed E-state index contributed by atoms with van der Waals surface area (Å²) in [4.78, 5) is 39.8. The number of halogens is 5. The van der Waals surface area contributed by atoms with Crippen molar-refractivity contribution in [1.82, 2.24) is 10.2 Å². The number of aryl methyl sites for hydroxylation is 1. The van der Waals surface area contributed by atoms with E-state index in [-0.39, 0.29) is 57.8 Å². The topological polar surface area (TPSA) is 197 Å². The van der Waals surface area contributed by atoms with Crippen LogP contribution in [0.1, 0.15) is 30.4 Å². The second-order valence-corrected chi connectivity index (χ2v) is 9.63. The molecule has 0 saturated heterocycles. The molecule has 0 spiro atoms. The van der Waals surface area contributed by atoms with Crippen LogP contribution in [0.3, 0.4) is 0 Å². The lowest BCUT2D eigenvalue weighted by Gasteiger charge is -2.23. The quantitative estimate of drug-likeness (QED) is 0.103. The molecule has 0 bridgehead atoms. The summed E-state index contributed by atoms with van der Waals surface area (Å²) >= 11 is 0. The lowest BCUT2D eigenvalue weighted by atomic mass is 9.80. The molecule has 2 atom stereocenters. The number of carbonyl (C=O) groups excluding carboxylic acids is 3. The fourth-order valence-corrected chi connectivity index (χ4v) is 4.03. The zero-order chi connectivity index (χ0) is 32.3.